The maximum Gasteiger partial charge on any atom is 0.326 e. The highest BCUT2D eigenvalue weighted by Gasteiger charge is 2.45. The van der Waals surface area contributed by atoms with E-state index in [1.54, 1.807) is 49.1 Å². The number of nitrogens with zero attached hydrogens (tertiary/aromatic N) is 4. The van der Waals surface area contributed by atoms with E-state index >= 15 is 0 Å². The molecule has 4 amide bonds. The summed E-state index contributed by atoms with van der Waals surface area (Å²) in [5.41, 5.74) is 2.14. The first-order valence-electron chi connectivity index (χ1n) is 18.6. The number of amides is 4. The molecule has 55 heavy (non-hydrogen) atoms. The Balaban J connectivity index is 1.35. The van der Waals surface area contributed by atoms with E-state index in [-0.39, 0.29) is 44.2 Å². The normalized spacial score (nSPS) is 21.4. The summed E-state index contributed by atoms with van der Waals surface area (Å²) >= 11 is 0. The highest BCUT2D eigenvalue weighted by molar-refractivity contribution is 5.96. The quantitative estimate of drug-likeness (QED) is 0.169. The molecule has 290 valence electrons. The van der Waals surface area contributed by atoms with Crippen molar-refractivity contribution in [2.75, 3.05) is 13.6 Å². The van der Waals surface area contributed by atoms with Gasteiger partial charge in [0.2, 0.25) is 23.6 Å². The van der Waals surface area contributed by atoms with Crippen LogP contribution in [0.2, 0.25) is 0 Å². The Hall–Kier alpha value is -5.83. The summed E-state index contributed by atoms with van der Waals surface area (Å²) in [6.07, 6.45) is 2.38. The molecule has 1 saturated heterocycles. The number of hydrogen-bond acceptors (Lipinski definition) is 9. The van der Waals surface area contributed by atoms with Crippen LogP contribution in [0.5, 0.6) is 5.75 Å². The Morgan fingerprint density at radius 1 is 0.982 bits per heavy atom. The van der Waals surface area contributed by atoms with Crippen LogP contribution < -0.4 is 26.0 Å². The van der Waals surface area contributed by atoms with Crippen molar-refractivity contribution in [3.05, 3.63) is 89.7 Å². The Labute approximate surface area is 319 Å². The van der Waals surface area contributed by atoms with Gasteiger partial charge in [0.25, 0.3) is 0 Å². The molecule has 0 radical (unpaired) electrons. The lowest BCUT2D eigenvalue weighted by molar-refractivity contribution is -0.144. The minimum absolute atomic E-state index is 0.0132. The third kappa shape index (κ3) is 9.11. The van der Waals surface area contributed by atoms with Gasteiger partial charge in [0.1, 0.15) is 42.2 Å². The van der Waals surface area contributed by atoms with Crippen LogP contribution in [0.3, 0.4) is 0 Å². The number of ether oxygens (including phenoxy) is 1. The van der Waals surface area contributed by atoms with Crippen molar-refractivity contribution in [2.24, 2.45) is 5.92 Å². The van der Waals surface area contributed by atoms with Gasteiger partial charge in [0, 0.05) is 19.4 Å². The lowest BCUT2D eigenvalue weighted by atomic mass is 9.97. The number of carboxylic acid groups (broad SMARTS) is 1. The number of likely N-dealkylation sites (N-methyl/N-ethyl adjacent to an activating group) is 1. The fourth-order valence-corrected chi connectivity index (χ4v) is 7.09. The molecule has 4 heterocycles. The Morgan fingerprint density at radius 3 is 2.45 bits per heavy atom. The minimum Gasteiger partial charge on any atom is -0.487 e. The van der Waals surface area contributed by atoms with Crippen LogP contribution in [-0.2, 0) is 43.4 Å². The summed E-state index contributed by atoms with van der Waals surface area (Å²) in [6, 6.07) is 15.2. The fourth-order valence-electron chi connectivity index (χ4n) is 7.09. The van der Waals surface area contributed by atoms with Crippen molar-refractivity contribution in [3.63, 3.8) is 0 Å². The number of carbonyl (C=O) groups is 5. The summed E-state index contributed by atoms with van der Waals surface area (Å²) in [5.74, 6) is -3.10. The molecule has 4 aromatic rings. The largest absolute Gasteiger partial charge is 0.487 e. The molecule has 15 heteroatoms. The molecule has 6 bridgehead atoms. The molecule has 6 atom stereocenters. The van der Waals surface area contributed by atoms with E-state index in [1.807, 2.05) is 56.3 Å². The van der Waals surface area contributed by atoms with Crippen molar-refractivity contribution >= 4 is 40.4 Å². The number of carboxylic acids is 1. The molecule has 3 aliphatic heterocycles. The number of carbonyl (C=O) groups excluding carboxylic acids is 4. The van der Waals surface area contributed by atoms with E-state index < -0.39 is 59.9 Å². The molecule has 0 aliphatic carbocycles. The van der Waals surface area contributed by atoms with Gasteiger partial charge in [-0.2, -0.15) is 0 Å². The molecule has 0 saturated carbocycles. The average Bonchev–Trinajstić information content (AvgIpc) is 3.85. The van der Waals surface area contributed by atoms with Gasteiger partial charge < -0.3 is 36.0 Å². The number of rotatable bonds is 9. The van der Waals surface area contributed by atoms with Crippen molar-refractivity contribution in [2.45, 2.75) is 89.3 Å². The Morgan fingerprint density at radius 2 is 1.73 bits per heavy atom. The summed E-state index contributed by atoms with van der Waals surface area (Å²) in [7, 11) is 1.65. The molecule has 0 spiro atoms. The molecule has 7 rings (SSSR count). The number of aromatic nitrogens is 3. The van der Waals surface area contributed by atoms with Crippen LogP contribution in [0.4, 0.5) is 0 Å². The maximum atomic E-state index is 14.5. The van der Waals surface area contributed by atoms with E-state index in [4.69, 9.17) is 4.74 Å². The number of likely N-dealkylation sites (tertiary alicyclic amines) is 1. The van der Waals surface area contributed by atoms with Gasteiger partial charge in [-0.25, -0.2) is 9.48 Å². The number of benzene rings is 3. The second-order valence-corrected chi connectivity index (χ2v) is 14.6. The first-order chi connectivity index (χ1) is 26.4. The predicted octanol–water partition coefficient (Wildman–Crippen LogP) is 2.14. The summed E-state index contributed by atoms with van der Waals surface area (Å²) in [5, 5.41) is 32.1. The molecule has 15 nitrogen and oxygen atoms in total. The lowest BCUT2D eigenvalue weighted by Gasteiger charge is -2.32. The molecular formula is C40H48N8O7. The van der Waals surface area contributed by atoms with Gasteiger partial charge in [-0.1, -0.05) is 73.7 Å². The zero-order valence-corrected chi connectivity index (χ0v) is 31.4. The monoisotopic (exact) mass is 752 g/mol. The van der Waals surface area contributed by atoms with Crippen molar-refractivity contribution in [1.82, 2.24) is 41.2 Å². The van der Waals surface area contributed by atoms with Gasteiger partial charge in [0.15, 0.2) is 0 Å². The minimum atomic E-state index is -1.29. The SMILES string of the molecule is CN[C@@H](C)C(=O)N[C@H](C(=O)N1C[C@@H]2C[C@H]1C(=O)N[C@@H](CCc1cccc3ccccc13)C(=O)N[C@H](C(=O)O)Cc1ccc(cc1)OCc1cn2nn1)C(C)C. The number of fused-ring (bicyclic) bond motifs is 10. The first-order valence-corrected chi connectivity index (χ1v) is 18.6. The molecule has 0 unspecified atom stereocenters. The highest BCUT2D eigenvalue weighted by atomic mass is 16.5. The number of hydrogen-bond donors (Lipinski definition) is 5. The fraction of sp³-hybridized carbons (Fsp3) is 0.425. The molecule has 5 N–H and O–H groups in total. The van der Waals surface area contributed by atoms with Crippen LogP contribution in [0.25, 0.3) is 10.8 Å². The molecule has 3 aromatic carbocycles. The van der Waals surface area contributed by atoms with Crippen LogP contribution >= 0.6 is 0 Å². The van der Waals surface area contributed by atoms with E-state index in [2.05, 4.69) is 31.6 Å². The second kappa shape index (κ2) is 17.1. The van der Waals surface area contributed by atoms with E-state index in [1.165, 1.54) is 4.90 Å². The highest BCUT2D eigenvalue weighted by Crippen LogP contribution is 2.30. The van der Waals surface area contributed by atoms with Gasteiger partial charge in [-0.05, 0) is 66.8 Å². The maximum absolute atomic E-state index is 14.5. The van der Waals surface area contributed by atoms with Crippen LogP contribution in [0.15, 0.2) is 72.9 Å². The van der Waals surface area contributed by atoms with Crippen molar-refractivity contribution in [3.8, 4) is 5.75 Å². The number of nitrogens with one attached hydrogen (secondary N) is 4. The number of aliphatic carboxylic acids is 1. The van der Waals surface area contributed by atoms with Crippen LogP contribution in [-0.4, -0.2) is 98.4 Å². The van der Waals surface area contributed by atoms with Crippen molar-refractivity contribution in [1.29, 1.82) is 0 Å². The zero-order chi connectivity index (χ0) is 39.2. The van der Waals surface area contributed by atoms with Crippen molar-refractivity contribution < 1.29 is 33.8 Å². The summed E-state index contributed by atoms with van der Waals surface area (Å²) in [4.78, 5) is 69.8. The van der Waals surface area contributed by atoms with Crippen LogP contribution in [0.1, 0.15) is 56.5 Å². The topological polar surface area (TPSA) is 197 Å². The third-order valence-corrected chi connectivity index (χ3v) is 10.4. The molecule has 3 aliphatic rings. The summed E-state index contributed by atoms with van der Waals surface area (Å²) < 4.78 is 7.53. The van der Waals surface area contributed by atoms with E-state index in [9.17, 15) is 29.1 Å². The first kappa shape index (κ1) is 38.9. The average molecular weight is 753 g/mol. The Bertz CT molecular complexity index is 2030. The third-order valence-electron chi connectivity index (χ3n) is 10.4. The smallest absolute Gasteiger partial charge is 0.326 e. The molecular weight excluding hydrogens is 704 g/mol. The van der Waals surface area contributed by atoms with E-state index in [0.29, 0.717) is 23.4 Å². The summed E-state index contributed by atoms with van der Waals surface area (Å²) in [6.45, 7) is 5.48. The second-order valence-electron chi connectivity index (χ2n) is 14.6. The zero-order valence-electron chi connectivity index (χ0n) is 31.4. The van der Waals surface area contributed by atoms with E-state index in [0.717, 1.165) is 16.3 Å². The van der Waals surface area contributed by atoms with Gasteiger partial charge >= 0.3 is 5.97 Å². The molecule has 1 aromatic heterocycles. The lowest BCUT2D eigenvalue weighted by Crippen LogP contribution is -2.59. The number of aryl methyl sites for hydroxylation is 1. The predicted molar refractivity (Wildman–Crippen MR) is 203 cm³/mol. The van der Waals surface area contributed by atoms with Gasteiger partial charge in [0.05, 0.1) is 18.3 Å². The molecule has 1 fully saturated rings. The van der Waals surface area contributed by atoms with Gasteiger partial charge in [-0.15, -0.1) is 5.10 Å². The standard InChI is InChI=1S/C40H48N8O7/c1-23(2)35(44-36(49)24(3)41-4)39(52)47-21-29-19-34(47)38(51)42-32(17-14-27-10-7-9-26-8-5-6-11-31(26)27)37(50)43-33(40(53)54)18-25-12-15-30(16-13-25)55-22-28-20-48(29)46-45-28/h5-13,15-16,20,23-24,29,32-35,41H,14,17-19,21-22H2,1-4H3,(H,42,51)(H,43,50)(H,44,49)(H,53,54)/t24-,29-,32-,33-,34-,35-/m0/s1. The van der Waals surface area contributed by atoms with Crippen LogP contribution in [0, 0.1) is 5.92 Å². The van der Waals surface area contributed by atoms with Gasteiger partial charge in [-0.3, -0.25) is 19.2 Å². The Kier molecular flexibility index (Phi) is 12.1.